The summed E-state index contributed by atoms with van der Waals surface area (Å²) in [6, 6.07) is 11.8. The summed E-state index contributed by atoms with van der Waals surface area (Å²) in [7, 11) is 2.97. The first kappa shape index (κ1) is 27.2. The number of esters is 1. The summed E-state index contributed by atoms with van der Waals surface area (Å²) < 4.78 is 17.6. The van der Waals surface area contributed by atoms with Gasteiger partial charge in [-0.15, -0.1) is 0 Å². The molecule has 1 aliphatic heterocycles. The quantitative estimate of drug-likeness (QED) is 0.135. The van der Waals surface area contributed by atoms with E-state index < -0.39 is 0 Å². The lowest BCUT2D eigenvalue weighted by atomic mass is 10.1. The van der Waals surface area contributed by atoms with Crippen molar-refractivity contribution >= 4 is 62.2 Å². The second-order valence-corrected chi connectivity index (χ2v) is 10.5. The summed E-state index contributed by atoms with van der Waals surface area (Å²) >= 11 is 10.3. The standard InChI is InChI=1S/C26H28BrNO5S2/c1-17-9-6-7-10-19(17)16-33-24-20(27)13-18(14-21(24)31-2)15-22-25(30)28(26(34)35-22)12-8-4-5-11-23(29)32-3/h6-7,9-10,13-15H,4-5,8,11-12,16H2,1-3H3/b22-15-. The largest absolute Gasteiger partial charge is 0.493 e. The van der Waals surface area contributed by atoms with Crippen LogP contribution in [0.2, 0.25) is 0 Å². The van der Waals surface area contributed by atoms with E-state index in [-0.39, 0.29) is 11.9 Å². The van der Waals surface area contributed by atoms with E-state index in [1.807, 2.05) is 49.4 Å². The minimum Gasteiger partial charge on any atom is -0.493 e. The number of aryl methyl sites for hydroxylation is 1. The average Bonchev–Trinajstić information content (AvgIpc) is 3.10. The molecule has 1 fully saturated rings. The van der Waals surface area contributed by atoms with Crippen LogP contribution in [-0.2, 0) is 20.9 Å². The Morgan fingerprint density at radius 2 is 1.94 bits per heavy atom. The molecule has 186 valence electrons. The van der Waals surface area contributed by atoms with Crippen LogP contribution in [0.4, 0.5) is 0 Å². The second-order valence-electron chi connectivity index (χ2n) is 7.97. The molecular weight excluding hydrogens is 550 g/mol. The second kappa shape index (κ2) is 13.1. The SMILES string of the molecule is COC(=O)CCCCCN1C(=O)/C(=C/c2cc(Br)c(OCc3ccccc3C)c(OC)c2)SC1=S. The number of rotatable bonds is 11. The summed E-state index contributed by atoms with van der Waals surface area (Å²) in [5, 5.41) is 0. The Hall–Kier alpha value is -2.36. The van der Waals surface area contributed by atoms with Gasteiger partial charge in [-0.2, -0.15) is 0 Å². The minimum atomic E-state index is -0.216. The van der Waals surface area contributed by atoms with Gasteiger partial charge in [0.15, 0.2) is 11.5 Å². The molecule has 35 heavy (non-hydrogen) atoms. The molecule has 2 aromatic carbocycles. The molecule has 2 aromatic rings. The number of ether oxygens (including phenoxy) is 3. The van der Waals surface area contributed by atoms with Crippen molar-refractivity contribution in [2.45, 2.75) is 39.2 Å². The number of thiocarbonyl (C=S) groups is 1. The Labute approximate surface area is 224 Å². The number of amides is 1. The highest BCUT2D eigenvalue weighted by molar-refractivity contribution is 9.10. The molecule has 6 nitrogen and oxygen atoms in total. The van der Waals surface area contributed by atoms with Crippen molar-refractivity contribution in [1.29, 1.82) is 0 Å². The lowest BCUT2D eigenvalue weighted by molar-refractivity contribution is -0.140. The molecule has 0 aromatic heterocycles. The number of carbonyl (C=O) groups is 2. The van der Waals surface area contributed by atoms with Crippen LogP contribution in [0.15, 0.2) is 45.8 Å². The Morgan fingerprint density at radius 3 is 2.66 bits per heavy atom. The molecule has 0 unspecified atom stereocenters. The van der Waals surface area contributed by atoms with Crippen molar-refractivity contribution in [3.8, 4) is 11.5 Å². The number of carbonyl (C=O) groups excluding carboxylic acids is 2. The number of hydrogen-bond acceptors (Lipinski definition) is 7. The highest BCUT2D eigenvalue weighted by atomic mass is 79.9. The number of benzene rings is 2. The van der Waals surface area contributed by atoms with Gasteiger partial charge in [0.2, 0.25) is 0 Å². The van der Waals surface area contributed by atoms with Gasteiger partial charge in [-0.25, -0.2) is 0 Å². The smallest absolute Gasteiger partial charge is 0.305 e. The zero-order valence-corrected chi connectivity index (χ0v) is 23.2. The van der Waals surface area contributed by atoms with E-state index in [1.54, 1.807) is 12.0 Å². The fraction of sp³-hybridized carbons (Fsp3) is 0.346. The van der Waals surface area contributed by atoms with Crippen LogP contribution < -0.4 is 9.47 Å². The number of thioether (sulfide) groups is 1. The van der Waals surface area contributed by atoms with E-state index in [9.17, 15) is 9.59 Å². The Bertz CT molecular complexity index is 1130. The predicted octanol–water partition coefficient (Wildman–Crippen LogP) is 6.28. The van der Waals surface area contributed by atoms with Gasteiger partial charge in [0.25, 0.3) is 5.91 Å². The molecule has 0 saturated carbocycles. The first-order valence-electron chi connectivity index (χ1n) is 11.2. The van der Waals surface area contributed by atoms with E-state index in [2.05, 4.69) is 20.7 Å². The molecular formula is C26H28BrNO5S2. The molecule has 0 N–H and O–H groups in total. The molecule has 9 heteroatoms. The van der Waals surface area contributed by atoms with Crippen LogP contribution in [0.3, 0.4) is 0 Å². The molecule has 0 atom stereocenters. The summed E-state index contributed by atoms with van der Waals surface area (Å²) in [4.78, 5) is 26.3. The first-order chi connectivity index (χ1) is 16.8. The third kappa shape index (κ3) is 7.32. The van der Waals surface area contributed by atoms with Crippen molar-refractivity contribution in [3.05, 3.63) is 62.5 Å². The Balaban J connectivity index is 1.66. The van der Waals surface area contributed by atoms with Crippen LogP contribution in [-0.4, -0.2) is 41.9 Å². The van der Waals surface area contributed by atoms with Crippen molar-refractivity contribution in [2.24, 2.45) is 0 Å². The van der Waals surface area contributed by atoms with Gasteiger partial charge >= 0.3 is 5.97 Å². The Morgan fingerprint density at radius 1 is 1.17 bits per heavy atom. The molecule has 1 aliphatic rings. The number of nitrogens with zero attached hydrogens (tertiary/aromatic N) is 1. The number of halogens is 1. The van der Waals surface area contributed by atoms with Crippen molar-refractivity contribution in [2.75, 3.05) is 20.8 Å². The van der Waals surface area contributed by atoms with Crippen LogP contribution in [0, 0.1) is 6.92 Å². The van der Waals surface area contributed by atoms with Gasteiger partial charge < -0.3 is 14.2 Å². The molecule has 0 aliphatic carbocycles. The normalized spacial score (nSPS) is 14.5. The van der Waals surface area contributed by atoms with E-state index in [0.717, 1.165) is 40.4 Å². The molecule has 3 rings (SSSR count). The molecule has 1 heterocycles. The van der Waals surface area contributed by atoms with Gasteiger partial charge in [0, 0.05) is 13.0 Å². The molecule has 1 saturated heterocycles. The highest BCUT2D eigenvalue weighted by Crippen LogP contribution is 2.39. The van der Waals surface area contributed by atoms with E-state index in [0.29, 0.717) is 40.3 Å². The predicted molar refractivity (Wildman–Crippen MR) is 147 cm³/mol. The van der Waals surface area contributed by atoms with Crippen LogP contribution in [0.5, 0.6) is 11.5 Å². The lowest BCUT2D eigenvalue weighted by Crippen LogP contribution is -2.29. The maximum atomic E-state index is 12.9. The number of hydrogen-bond donors (Lipinski definition) is 0. The van der Waals surface area contributed by atoms with E-state index in [1.165, 1.54) is 18.9 Å². The fourth-order valence-electron chi connectivity index (χ4n) is 3.55. The van der Waals surface area contributed by atoms with E-state index >= 15 is 0 Å². The van der Waals surface area contributed by atoms with Gasteiger partial charge in [-0.3, -0.25) is 14.5 Å². The zero-order valence-electron chi connectivity index (χ0n) is 20.0. The summed E-state index contributed by atoms with van der Waals surface area (Å²) in [6.45, 7) is 2.99. The van der Waals surface area contributed by atoms with E-state index in [4.69, 9.17) is 21.7 Å². The topological polar surface area (TPSA) is 65.1 Å². The monoisotopic (exact) mass is 577 g/mol. The van der Waals surface area contributed by atoms with Crippen molar-refractivity contribution in [1.82, 2.24) is 4.90 Å². The van der Waals surface area contributed by atoms with Crippen LogP contribution in [0.1, 0.15) is 42.4 Å². The van der Waals surface area contributed by atoms with Gasteiger partial charge in [0.05, 0.1) is 23.6 Å². The molecule has 0 radical (unpaired) electrons. The fourth-order valence-corrected chi connectivity index (χ4v) is 5.43. The molecule has 0 bridgehead atoms. The number of methoxy groups -OCH3 is 2. The van der Waals surface area contributed by atoms with Crippen molar-refractivity contribution < 1.29 is 23.8 Å². The third-order valence-corrected chi connectivity index (χ3v) is 7.51. The minimum absolute atomic E-state index is 0.108. The Kier molecular flexibility index (Phi) is 10.2. The summed E-state index contributed by atoms with van der Waals surface area (Å²) in [5.74, 6) is 0.849. The van der Waals surface area contributed by atoms with Crippen molar-refractivity contribution in [3.63, 3.8) is 0 Å². The zero-order chi connectivity index (χ0) is 25.4. The van der Waals surface area contributed by atoms with Crippen LogP contribution in [0.25, 0.3) is 6.08 Å². The van der Waals surface area contributed by atoms with Gasteiger partial charge in [0.1, 0.15) is 10.9 Å². The van der Waals surface area contributed by atoms with Crippen LogP contribution >= 0.6 is 39.9 Å². The highest BCUT2D eigenvalue weighted by Gasteiger charge is 2.31. The molecule has 1 amide bonds. The summed E-state index contributed by atoms with van der Waals surface area (Å²) in [6.07, 6.45) is 4.51. The maximum Gasteiger partial charge on any atom is 0.305 e. The summed E-state index contributed by atoms with van der Waals surface area (Å²) in [5.41, 5.74) is 3.06. The third-order valence-electron chi connectivity index (χ3n) is 5.55. The maximum absolute atomic E-state index is 12.9. The first-order valence-corrected chi connectivity index (χ1v) is 13.2. The number of unbranched alkanes of at least 4 members (excludes halogenated alkanes) is 2. The van der Waals surface area contributed by atoms with Gasteiger partial charge in [-0.05, 0) is 70.6 Å². The molecule has 0 spiro atoms. The average molecular weight is 579 g/mol. The van der Waals surface area contributed by atoms with Gasteiger partial charge in [-0.1, -0.05) is 54.7 Å². The lowest BCUT2D eigenvalue weighted by Gasteiger charge is -2.15.